The minimum absolute atomic E-state index is 0.285. The maximum atomic E-state index is 10.8. The lowest BCUT2D eigenvalue weighted by atomic mass is 9.90. The molecule has 0 heterocycles. The molecule has 7 heteroatoms. The van der Waals surface area contributed by atoms with Crippen molar-refractivity contribution >= 4 is 13.6 Å². The normalized spacial score (nSPS) is 33.2. The van der Waals surface area contributed by atoms with Crippen LogP contribution in [-0.4, -0.2) is 32.6 Å². The van der Waals surface area contributed by atoms with Gasteiger partial charge in [-0.05, 0) is 18.8 Å². The Hall–Kier alpha value is -0.420. The summed E-state index contributed by atoms with van der Waals surface area (Å²) in [5.41, 5.74) is 4.15. The number of hydrogen-bond donors (Lipinski definition) is 4. The van der Waals surface area contributed by atoms with E-state index in [9.17, 15) is 9.36 Å². The zero-order valence-electron chi connectivity index (χ0n) is 7.59. The number of carbonyl (C=O) groups is 1. The minimum atomic E-state index is -4.18. The molecule has 0 bridgehead atoms. The molecule has 1 aliphatic carbocycles. The topological polar surface area (TPSA) is 121 Å². The van der Waals surface area contributed by atoms with E-state index in [-0.39, 0.29) is 6.42 Å². The van der Waals surface area contributed by atoms with E-state index < -0.39 is 31.2 Å². The minimum Gasteiger partial charge on any atom is -0.480 e. The highest BCUT2D eigenvalue weighted by atomic mass is 31.2. The number of aliphatic carboxylic acids is 1. The van der Waals surface area contributed by atoms with Gasteiger partial charge in [0.1, 0.15) is 5.54 Å². The van der Waals surface area contributed by atoms with Gasteiger partial charge in [0.05, 0.1) is 6.16 Å². The number of rotatable bonds is 3. The van der Waals surface area contributed by atoms with E-state index in [4.69, 9.17) is 20.6 Å². The monoisotopic (exact) mass is 223 g/mol. The van der Waals surface area contributed by atoms with Crippen LogP contribution in [0.4, 0.5) is 0 Å². The molecule has 0 radical (unpaired) electrons. The average Bonchev–Trinajstić information content (AvgIpc) is 2.30. The van der Waals surface area contributed by atoms with Crippen molar-refractivity contribution in [1.29, 1.82) is 0 Å². The van der Waals surface area contributed by atoms with Crippen molar-refractivity contribution < 1.29 is 24.3 Å². The van der Waals surface area contributed by atoms with Crippen LogP contribution in [0.3, 0.4) is 0 Å². The van der Waals surface area contributed by atoms with Gasteiger partial charge < -0.3 is 20.6 Å². The molecule has 82 valence electrons. The van der Waals surface area contributed by atoms with Crippen LogP contribution in [0.5, 0.6) is 0 Å². The Balaban J connectivity index is 2.79. The lowest BCUT2D eigenvalue weighted by Gasteiger charge is -2.26. The van der Waals surface area contributed by atoms with Crippen LogP contribution in [0.1, 0.15) is 19.3 Å². The summed E-state index contributed by atoms with van der Waals surface area (Å²) in [5.74, 6) is -1.80. The second-order valence-corrected chi connectivity index (χ2v) is 5.48. The first kappa shape index (κ1) is 11.7. The van der Waals surface area contributed by atoms with Crippen molar-refractivity contribution in [2.24, 2.45) is 11.7 Å². The summed E-state index contributed by atoms with van der Waals surface area (Å²) in [6, 6.07) is 0. The number of nitrogens with two attached hydrogens (primary N) is 1. The fraction of sp³-hybridized carbons (Fsp3) is 0.857. The SMILES string of the molecule is N[C@]1(C(=O)O)CCC[C@H]1CP(=O)(O)O. The molecule has 0 unspecified atom stereocenters. The summed E-state index contributed by atoms with van der Waals surface area (Å²) in [6.07, 6.45) is 0.921. The van der Waals surface area contributed by atoms with E-state index in [1.54, 1.807) is 0 Å². The van der Waals surface area contributed by atoms with Gasteiger partial charge in [-0.15, -0.1) is 0 Å². The highest BCUT2D eigenvalue weighted by molar-refractivity contribution is 7.51. The predicted octanol–water partition coefficient (Wildman–Crippen LogP) is -0.254. The van der Waals surface area contributed by atoms with E-state index in [0.29, 0.717) is 12.8 Å². The maximum Gasteiger partial charge on any atom is 0.325 e. The van der Waals surface area contributed by atoms with Gasteiger partial charge in [-0.3, -0.25) is 9.36 Å². The maximum absolute atomic E-state index is 10.8. The molecule has 0 aromatic heterocycles. The van der Waals surface area contributed by atoms with Crippen molar-refractivity contribution in [3.8, 4) is 0 Å². The smallest absolute Gasteiger partial charge is 0.325 e. The molecule has 5 N–H and O–H groups in total. The standard InChI is InChI=1S/C7H14NO5P/c8-7(6(9)10)3-1-2-5(7)4-14(11,12)13/h5H,1-4,8H2,(H,9,10)(H2,11,12,13)/t5-,7+/m0/s1. The first-order chi connectivity index (χ1) is 6.26. The third-order valence-electron chi connectivity index (χ3n) is 2.73. The quantitative estimate of drug-likeness (QED) is 0.489. The van der Waals surface area contributed by atoms with Crippen molar-refractivity contribution in [2.45, 2.75) is 24.8 Å². The highest BCUT2D eigenvalue weighted by Crippen LogP contribution is 2.45. The Kier molecular flexibility index (Phi) is 3.02. The third-order valence-corrected chi connectivity index (χ3v) is 3.64. The molecule has 6 nitrogen and oxygen atoms in total. The van der Waals surface area contributed by atoms with Gasteiger partial charge in [0, 0.05) is 0 Å². The summed E-state index contributed by atoms with van der Waals surface area (Å²) in [5, 5.41) is 8.86. The van der Waals surface area contributed by atoms with E-state index in [2.05, 4.69) is 0 Å². The summed E-state index contributed by atoms with van der Waals surface area (Å²) in [7, 11) is -4.18. The third kappa shape index (κ3) is 2.33. The van der Waals surface area contributed by atoms with Gasteiger partial charge in [-0.1, -0.05) is 6.42 Å². The van der Waals surface area contributed by atoms with Gasteiger partial charge in [0.2, 0.25) is 0 Å². The lowest BCUT2D eigenvalue weighted by Crippen LogP contribution is -2.52. The molecule has 1 rings (SSSR count). The average molecular weight is 223 g/mol. The summed E-state index contributed by atoms with van der Waals surface area (Å²) in [6.45, 7) is 0. The molecule has 1 fully saturated rings. The fourth-order valence-electron chi connectivity index (χ4n) is 1.93. The van der Waals surface area contributed by atoms with Crippen LogP contribution in [0, 0.1) is 5.92 Å². The van der Waals surface area contributed by atoms with E-state index >= 15 is 0 Å². The second-order valence-electron chi connectivity index (χ2n) is 3.78. The van der Waals surface area contributed by atoms with E-state index in [0.717, 1.165) is 0 Å². The molecule has 0 saturated heterocycles. The molecule has 1 saturated carbocycles. The van der Waals surface area contributed by atoms with E-state index in [1.165, 1.54) is 0 Å². The molecule has 1 aliphatic rings. The van der Waals surface area contributed by atoms with Crippen LogP contribution >= 0.6 is 7.60 Å². The van der Waals surface area contributed by atoms with Crippen LogP contribution in [0.2, 0.25) is 0 Å². The van der Waals surface area contributed by atoms with Gasteiger partial charge in [0.25, 0.3) is 0 Å². The van der Waals surface area contributed by atoms with Crippen molar-refractivity contribution in [1.82, 2.24) is 0 Å². The lowest BCUT2D eigenvalue weighted by molar-refractivity contribution is -0.144. The summed E-state index contributed by atoms with van der Waals surface area (Å²) in [4.78, 5) is 28.4. The van der Waals surface area contributed by atoms with Gasteiger partial charge in [0.15, 0.2) is 0 Å². The number of carboxylic acid groups (broad SMARTS) is 1. The fourth-order valence-corrected chi connectivity index (χ4v) is 3.01. The predicted molar refractivity (Wildman–Crippen MR) is 48.8 cm³/mol. The van der Waals surface area contributed by atoms with Crippen LogP contribution in [0.25, 0.3) is 0 Å². The largest absolute Gasteiger partial charge is 0.480 e. The molecule has 2 atom stereocenters. The Morgan fingerprint density at radius 2 is 2.14 bits per heavy atom. The van der Waals surface area contributed by atoms with Gasteiger partial charge in [-0.2, -0.15) is 0 Å². The zero-order valence-corrected chi connectivity index (χ0v) is 8.48. The first-order valence-corrected chi connectivity index (χ1v) is 6.12. The van der Waals surface area contributed by atoms with Crippen molar-refractivity contribution in [2.75, 3.05) is 6.16 Å². The second kappa shape index (κ2) is 3.62. The van der Waals surface area contributed by atoms with Crippen LogP contribution in [-0.2, 0) is 9.36 Å². The van der Waals surface area contributed by atoms with Gasteiger partial charge >= 0.3 is 13.6 Å². The molecule has 14 heavy (non-hydrogen) atoms. The Bertz CT molecular complexity index is 288. The van der Waals surface area contributed by atoms with Crippen LogP contribution in [0.15, 0.2) is 0 Å². The molecular weight excluding hydrogens is 209 g/mol. The Labute approximate surface area is 81.3 Å². The number of carboxylic acids is 1. The zero-order chi connectivity index (χ0) is 11.0. The summed E-state index contributed by atoms with van der Waals surface area (Å²) >= 11 is 0. The summed E-state index contributed by atoms with van der Waals surface area (Å²) < 4.78 is 10.7. The Morgan fingerprint density at radius 1 is 1.57 bits per heavy atom. The molecule has 0 aromatic rings. The molecule has 0 aromatic carbocycles. The molecule has 0 aliphatic heterocycles. The number of hydrogen-bond acceptors (Lipinski definition) is 3. The van der Waals surface area contributed by atoms with Crippen molar-refractivity contribution in [3.05, 3.63) is 0 Å². The molecule has 0 amide bonds. The molecular formula is C7H14NO5P. The van der Waals surface area contributed by atoms with E-state index in [1.807, 2.05) is 0 Å². The Morgan fingerprint density at radius 3 is 2.57 bits per heavy atom. The van der Waals surface area contributed by atoms with Crippen LogP contribution < -0.4 is 5.73 Å². The first-order valence-electron chi connectivity index (χ1n) is 4.32. The van der Waals surface area contributed by atoms with Gasteiger partial charge in [-0.25, -0.2) is 0 Å². The highest BCUT2D eigenvalue weighted by Gasteiger charge is 2.47. The van der Waals surface area contributed by atoms with Crippen molar-refractivity contribution in [3.63, 3.8) is 0 Å². The molecule has 0 spiro atoms.